The topological polar surface area (TPSA) is 112 Å². The average molecular weight is 327 g/mol. The lowest BCUT2D eigenvalue weighted by molar-refractivity contribution is -0.385. The van der Waals surface area contributed by atoms with E-state index in [1.807, 2.05) is 0 Å². The molecule has 0 spiro atoms. The quantitative estimate of drug-likeness (QED) is 0.559. The molecule has 0 bridgehead atoms. The third-order valence-corrected chi connectivity index (χ3v) is 3.36. The Labute approximate surface area is 135 Å². The van der Waals surface area contributed by atoms with Crippen molar-refractivity contribution < 1.29 is 9.66 Å². The van der Waals surface area contributed by atoms with Crippen molar-refractivity contribution in [1.82, 2.24) is 14.4 Å². The molecule has 0 aromatic carbocycles. The number of pyridine rings is 2. The molecular formula is C15H13N5O4. The van der Waals surface area contributed by atoms with Gasteiger partial charge < -0.3 is 10.1 Å². The van der Waals surface area contributed by atoms with E-state index in [1.165, 1.54) is 13.3 Å². The van der Waals surface area contributed by atoms with E-state index in [0.29, 0.717) is 11.5 Å². The molecule has 0 saturated heterocycles. The summed E-state index contributed by atoms with van der Waals surface area (Å²) in [5, 5.41) is 14.1. The third kappa shape index (κ3) is 2.86. The molecule has 0 amide bonds. The zero-order valence-corrected chi connectivity index (χ0v) is 12.7. The number of aromatic nitrogens is 3. The summed E-state index contributed by atoms with van der Waals surface area (Å²) in [6.07, 6.45) is 3.01. The lowest BCUT2D eigenvalue weighted by Gasteiger charge is -2.08. The van der Waals surface area contributed by atoms with E-state index in [-0.39, 0.29) is 12.4 Å². The SMILES string of the molecule is COc1ccc(CNc2nc3ccccn3c(=O)c2[N+](=O)[O-])cn1. The molecule has 0 radical (unpaired) electrons. The molecule has 3 aromatic rings. The number of fused-ring (bicyclic) bond motifs is 1. The molecule has 0 unspecified atom stereocenters. The molecule has 0 aliphatic rings. The van der Waals surface area contributed by atoms with Crippen LogP contribution in [0.5, 0.6) is 5.88 Å². The van der Waals surface area contributed by atoms with Crippen molar-refractivity contribution in [2.45, 2.75) is 6.54 Å². The number of ether oxygens (including phenoxy) is 1. The van der Waals surface area contributed by atoms with Gasteiger partial charge in [0.15, 0.2) is 0 Å². The number of rotatable bonds is 5. The summed E-state index contributed by atoms with van der Waals surface area (Å²) in [6, 6.07) is 8.35. The van der Waals surface area contributed by atoms with Gasteiger partial charge in [-0.25, -0.2) is 9.97 Å². The fourth-order valence-corrected chi connectivity index (χ4v) is 2.19. The van der Waals surface area contributed by atoms with Crippen molar-refractivity contribution in [2.24, 2.45) is 0 Å². The number of methoxy groups -OCH3 is 1. The van der Waals surface area contributed by atoms with Gasteiger partial charge in [0.25, 0.3) is 0 Å². The lowest BCUT2D eigenvalue weighted by Crippen LogP contribution is -2.21. The number of anilines is 1. The second-order valence-electron chi connectivity index (χ2n) is 4.86. The van der Waals surface area contributed by atoms with E-state index >= 15 is 0 Å². The molecule has 0 atom stereocenters. The predicted molar refractivity (Wildman–Crippen MR) is 86.2 cm³/mol. The summed E-state index contributed by atoms with van der Waals surface area (Å²) in [5.74, 6) is 0.388. The highest BCUT2D eigenvalue weighted by Gasteiger charge is 2.23. The number of nitrogens with one attached hydrogen (secondary N) is 1. The summed E-state index contributed by atoms with van der Waals surface area (Å²) in [6.45, 7) is 0.229. The summed E-state index contributed by atoms with van der Waals surface area (Å²) in [5.41, 5.74) is -0.246. The van der Waals surface area contributed by atoms with Crippen LogP contribution in [0.2, 0.25) is 0 Å². The second-order valence-corrected chi connectivity index (χ2v) is 4.86. The number of nitrogens with zero attached hydrogens (tertiary/aromatic N) is 4. The molecule has 0 saturated carbocycles. The van der Waals surface area contributed by atoms with Crippen molar-refractivity contribution in [1.29, 1.82) is 0 Å². The van der Waals surface area contributed by atoms with E-state index in [1.54, 1.807) is 36.5 Å². The van der Waals surface area contributed by atoms with Crippen LogP contribution in [0.25, 0.3) is 5.65 Å². The number of hydrogen-bond donors (Lipinski definition) is 1. The van der Waals surface area contributed by atoms with Crippen LogP contribution in [0.1, 0.15) is 5.56 Å². The molecule has 0 aliphatic heterocycles. The Morgan fingerprint density at radius 3 is 2.83 bits per heavy atom. The smallest absolute Gasteiger partial charge is 0.376 e. The maximum Gasteiger partial charge on any atom is 0.376 e. The van der Waals surface area contributed by atoms with Gasteiger partial charge >= 0.3 is 11.2 Å². The molecular weight excluding hydrogens is 314 g/mol. The van der Waals surface area contributed by atoms with Gasteiger partial charge in [0, 0.05) is 25.0 Å². The van der Waals surface area contributed by atoms with Crippen LogP contribution in [0.15, 0.2) is 47.5 Å². The second kappa shape index (κ2) is 6.32. The Hall–Kier alpha value is -3.49. The van der Waals surface area contributed by atoms with E-state index in [4.69, 9.17) is 4.74 Å². The normalized spacial score (nSPS) is 10.5. The largest absolute Gasteiger partial charge is 0.481 e. The van der Waals surface area contributed by atoms with E-state index in [2.05, 4.69) is 15.3 Å². The van der Waals surface area contributed by atoms with Gasteiger partial charge in [0.1, 0.15) is 5.65 Å². The Morgan fingerprint density at radius 1 is 1.33 bits per heavy atom. The van der Waals surface area contributed by atoms with Crippen molar-refractivity contribution in [2.75, 3.05) is 12.4 Å². The number of nitro groups is 1. The van der Waals surface area contributed by atoms with Crippen molar-refractivity contribution >= 4 is 17.2 Å². The zero-order chi connectivity index (χ0) is 17.1. The molecule has 1 N–H and O–H groups in total. The Balaban J connectivity index is 1.96. The molecule has 3 heterocycles. The van der Waals surface area contributed by atoms with Crippen LogP contribution in [-0.2, 0) is 6.54 Å². The summed E-state index contributed by atoms with van der Waals surface area (Å²) < 4.78 is 6.11. The Kier molecular flexibility index (Phi) is 4.06. The molecule has 3 aromatic heterocycles. The highest BCUT2D eigenvalue weighted by molar-refractivity contribution is 5.59. The summed E-state index contributed by atoms with van der Waals surface area (Å²) in [4.78, 5) is 31.1. The molecule has 122 valence electrons. The van der Waals surface area contributed by atoms with Gasteiger partial charge in [0.05, 0.1) is 12.0 Å². The van der Waals surface area contributed by atoms with Gasteiger partial charge in [-0.2, -0.15) is 0 Å². The molecule has 9 nitrogen and oxygen atoms in total. The third-order valence-electron chi connectivity index (χ3n) is 3.36. The van der Waals surface area contributed by atoms with Crippen LogP contribution in [0.4, 0.5) is 11.5 Å². The zero-order valence-electron chi connectivity index (χ0n) is 12.7. The highest BCUT2D eigenvalue weighted by atomic mass is 16.6. The Morgan fingerprint density at radius 2 is 2.17 bits per heavy atom. The first kappa shape index (κ1) is 15.4. The maximum absolute atomic E-state index is 12.3. The van der Waals surface area contributed by atoms with Crippen LogP contribution < -0.4 is 15.6 Å². The fraction of sp³-hybridized carbons (Fsp3) is 0.133. The van der Waals surface area contributed by atoms with Crippen LogP contribution in [-0.4, -0.2) is 26.4 Å². The summed E-state index contributed by atoms with van der Waals surface area (Å²) >= 11 is 0. The van der Waals surface area contributed by atoms with Crippen molar-refractivity contribution in [3.63, 3.8) is 0 Å². The standard InChI is InChI=1S/C15H13N5O4/c1-24-12-6-5-10(8-16-12)9-17-14-13(20(22)23)15(21)19-7-3-2-4-11(19)18-14/h2-8,17H,9H2,1H3. The van der Waals surface area contributed by atoms with Crippen LogP contribution in [0.3, 0.4) is 0 Å². The first-order valence-electron chi connectivity index (χ1n) is 6.98. The first-order valence-corrected chi connectivity index (χ1v) is 6.98. The summed E-state index contributed by atoms with van der Waals surface area (Å²) in [7, 11) is 1.51. The minimum atomic E-state index is -0.735. The highest BCUT2D eigenvalue weighted by Crippen LogP contribution is 2.19. The van der Waals surface area contributed by atoms with Crippen molar-refractivity contribution in [3.8, 4) is 5.88 Å². The molecule has 3 rings (SSSR count). The van der Waals surface area contributed by atoms with Gasteiger partial charge in [-0.1, -0.05) is 12.1 Å². The van der Waals surface area contributed by atoms with E-state index in [9.17, 15) is 14.9 Å². The molecule has 0 fully saturated rings. The van der Waals surface area contributed by atoms with E-state index < -0.39 is 16.2 Å². The lowest BCUT2D eigenvalue weighted by atomic mass is 10.3. The molecule has 9 heteroatoms. The monoisotopic (exact) mass is 327 g/mol. The van der Waals surface area contributed by atoms with E-state index in [0.717, 1.165) is 9.96 Å². The van der Waals surface area contributed by atoms with Crippen LogP contribution >= 0.6 is 0 Å². The number of hydrogen-bond acceptors (Lipinski definition) is 7. The average Bonchev–Trinajstić information content (AvgIpc) is 2.60. The Bertz CT molecular complexity index is 952. The van der Waals surface area contributed by atoms with Crippen LogP contribution in [0, 0.1) is 10.1 Å². The van der Waals surface area contributed by atoms with Gasteiger partial charge in [-0.15, -0.1) is 0 Å². The van der Waals surface area contributed by atoms with Gasteiger partial charge in [-0.05, 0) is 17.7 Å². The minimum absolute atomic E-state index is 0.0768. The van der Waals surface area contributed by atoms with Gasteiger partial charge in [-0.3, -0.25) is 19.3 Å². The van der Waals surface area contributed by atoms with Crippen molar-refractivity contribution in [3.05, 3.63) is 68.8 Å². The maximum atomic E-state index is 12.3. The molecule has 24 heavy (non-hydrogen) atoms. The first-order chi connectivity index (χ1) is 11.6. The molecule has 0 aliphatic carbocycles. The fourth-order valence-electron chi connectivity index (χ4n) is 2.19. The van der Waals surface area contributed by atoms with Gasteiger partial charge in [0.2, 0.25) is 11.7 Å². The predicted octanol–water partition coefficient (Wildman–Crippen LogP) is 1.62. The minimum Gasteiger partial charge on any atom is -0.481 e.